The lowest BCUT2D eigenvalue weighted by molar-refractivity contribution is -0.393. The first-order chi connectivity index (χ1) is 9.49. The van der Waals surface area contributed by atoms with Crippen LogP contribution in [0.5, 0.6) is 0 Å². The number of nitrogens with one attached hydrogen (secondary N) is 1. The van der Waals surface area contributed by atoms with Gasteiger partial charge in [0.2, 0.25) is 0 Å². The molecule has 20 heavy (non-hydrogen) atoms. The minimum absolute atomic E-state index is 0.141. The maximum Gasteiger partial charge on any atom is 0.301 e. The zero-order chi connectivity index (χ0) is 15.1. The minimum Gasteiger partial charge on any atom is -0.272 e. The topological polar surface area (TPSA) is 111 Å². The van der Waals surface area contributed by atoms with E-state index in [0.29, 0.717) is 0 Å². The maximum atomic E-state index is 10.9. The van der Waals surface area contributed by atoms with Crippen LogP contribution in [0.1, 0.15) is 33.1 Å². The summed E-state index contributed by atoms with van der Waals surface area (Å²) in [5, 5.41) is 25.7. The molecule has 0 bridgehead atoms. The number of non-ortho nitro benzene ring substituents is 1. The van der Waals surface area contributed by atoms with Crippen molar-refractivity contribution in [2.24, 2.45) is 5.10 Å². The summed E-state index contributed by atoms with van der Waals surface area (Å²) in [7, 11) is 0. The maximum absolute atomic E-state index is 10.9. The molecule has 0 aliphatic heterocycles. The van der Waals surface area contributed by atoms with Gasteiger partial charge in [0.15, 0.2) is 0 Å². The Morgan fingerprint density at radius 2 is 1.95 bits per heavy atom. The van der Waals surface area contributed by atoms with E-state index in [1.165, 1.54) is 12.1 Å². The fraction of sp³-hybridized carbons (Fsp3) is 0.417. The van der Waals surface area contributed by atoms with Gasteiger partial charge < -0.3 is 0 Å². The molecular formula is C12H16N4O4. The zero-order valence-electron chi connectivity index (χ0n) is 11.3. The van der Waals surface area contributed by atoms with Crippen LogP contribution < -0.4 is 5.43 Å². The second-order valence-electron chi connectivity index (χ2n) is 4.11. The van der Waals surface area contributed by atoms with Crippen molar-refractivity contribution < 1.29 is 9.85 Å². The van der Waals surface area contributed by atoms with Crippen LogP contribution in [0, 0.1) is 20.2 Å². The third kappa shape index (κ3) is 4.01. The highest BCUT2D eigenvalue weighted by molar-refractivity contribution is 5.85. The molecule has 0 saturated heterocycles. The van der Waals surface area contributed by atoms with Crippen LogP contribution in [0.25, 0.3) is 0 Å². The monoisotopic (exact) mass is 280 g/mol. The SMILES string of the molecule is CCCC(CC)=NNc1ccc([N+](=O)[O-])cc1[N+](=O)[O-]. The molecule has 8 nitrogen and oxygen atoms in total. The number of hydrogen-bond acceptors (Lipinski definition) is 6. The fourth-order valence-electron chi connectivity index (χ4n) is 1.62. The molecule has 0 aliphatic carbocycles. The Morgan fingerprint density at radius 1 is 1.25 bits per heavy atom. The van der Waals surface area contributed by atoms with Crippen LogP contribution in [-0.4, -0.2) is 15.6 Å². The largest absolute Gasteiger partial charge is 0.301 e. The Hall–Kier alpha value is -2.51. The Kier molecular flexibility index (Phi) is 5.57. The van der Waals surface area contributed by atoms with E-state index in [1.54, 1.807) is 0 Å². The molecule has 0 spiro atoms. The quantitative estimate of drug-likeness (QED) is 0.467. The average Bonchev–Trinajstić information content (AvgIpc) is 2.42. The van der Waals surface area contributed by atoms with E-state index in [0.717, 1.165) is 31.0 Å². The fourth-order valence-corrected chi connectivity index (χ4v) is 1.62. The van der Waals surface area contributed by atoms with E-state index in [9.17, 15) is 20.2 Å². The van der Waals surface area contributed by atoms with Crippen molar-refractivity contribution >= 4 is 22.8 Å². The van der Waals surface area contributed by atoms with Gasteiger partial charge in [-0.1, -0.05) is 20.3 Å². The highest BCUT2D eigenvalue weighted by Crippen LogP contribution is 2.28. The number of benzene rings is 1. The van der Waals surface area contributed by atoms with Gasteiger partial charge in [0.25, 0.3) is 5.69 Å². The molecule has 0 aliphatic rings. The summed E-state index contributed by atoms with van der Waals surface area (Å²) in [6.45, 7) is 3.96. The molecule has 0 heterocycles. The van der Waals surface area contributed by atoms with E-state index < -0.39 is 9.85 Å². The van der Waals surface area contributed by atoms with Gasteiger partial charge >= 0.3 is 5.69 Å². The number of hydrogen-bond donors (Lipinski definition) is 1. The van der Waals surface area contributed by atoms with E-state index >= 15 is 0 Å². The van der Waals surface area contributed by atoms with E-state index in [-0.39, 0.29) is 17.1 Å². The summed E-state index contributed by atoms with van der Waals surface area (Å²) in [6.07, 6.45) is 2.46. The number of nitro benzene ring substituents is 2. The first kappa shape index (κ1) is 15.5. The second kappa shape index (κ2) is 7.17. The predicted octanol–water partition coefficient (Wildman–Crippen LogP) is 3.48. The van der Waals surface area contributed by atoms with Crippen molar-refractivity contribution in [3.63, 3.8) is 0 Å². The average molecular weight is 280 g/mol. The third-order valence-corrected chi connectivity index (χ3v) is 2.67. The van der Waals surface area contributed by atoms with E-state index in [1.807, 2.05) is 13.8 Å². The molecule has 0 unspecified atom stereocenters. The van der Waals surface area contributed by atoms with Gasteiger partial charge in [0, 0.05) is 11.8 Å². The molecule has 1 aromatic carbocycles. The molecule has 0 amide bonds. The van der Waals surface area contributed by atoms with Crippen molar-refractivity contribution in [3.05, 3.63) is 38.4 Å². The van der Waals surface area contributed by atoms with Crippen molar-refractivity contribution in [2.45, 2.75) is 33.1 Å². The first-order valence-electron chi connectivity index (χ1n) is 6.23. The summed E-state index contributed by atoms with van der Waals surface area (Å²) < 4.78 is 0. The summed E-state index contributed by atoms with van der Waals surface area (Å²) >= 11 is 0. The highest BCUT2D eigenvalue weighted by atomic mass is 16.6. The predicted molar refractivity (Wildman–Crippen MR) is 76.0 cm³/mol. The van der Waals surface area contributed by atoms with Crippen molar-refractivity contribution in [1.29, 1.82) is 0 Å². The second-order valence-corrected chi connectivity index (χ2v) is 4.11. The molecule has 0 saturated carbocycles. The molecule has 0 radical (unpaired) electrons. The van der Waals surface area contributed by atoms with Gasteiger partial charge in [-0.15, -0.1) is 0 Å². The molecule has 0 aromatic heterocycles. The summed E-state index contributed by atoms with van der Waals surface area (Å²) in [4.78, 5) is 20.2. The van der Waals surface area contributed by atoms with Crippen LogP contribution in [0.15, 0.2) is 23.3 Å². The number of nitro groups is 2. The third-order valence-electron chi connectivity index (χ3n) is 2.67. The highest BCUT2D eigenvalue weighted by Gasteiger charge is 2.19. The van der Waals surface area contributed by atoms with Crippen LogP contribution in [-0.2, 0) is 0 Å². The smallest absolute Gasteiger partial charge is 0.272 e. The Labute approximate surface area is 115 Å². The summed E-state index contributed by atoms with van der Waals surface area (Å²) in [5.74, 6) is 0. The standard InChI is InChI=1S/C12H16N4O4/c1-3-5-9(4-2)13-14-11-7-6-10(15(17)18)8-12(11)16(19)20/h6-8,14H,3-5H2,1-2H3. The van der Waals surface area contributed by atoms with E-state index in [2.05, 4.69) is 10.5 Å². The number of nitrogens with zero attached hydrogens (tertiary/aromatic N) is 3. The van der Waals surface area contributed by atoms with Crippen molar-refractivity contribution in [3.8, 4) is 0 Å². The number of rotatable bonds is 7. The van der Waals surface area contributed by atoms with Crippen LogP contribution in [0.2, 0.25) is 0 Å². The van der Waals surface area contributed by atoms with Gasteiger partial charge in [-0.25, -0.2) is 0 Å². The molecule has 108 valence electrons. The van der Waals surface area contributed by atoms with Gasteiger partial charge in [-0.05, 0) is 18.9 Å². The van der Waals surface area contributed by atoms with Crippen LogP contribution >= 0.6 is 0 Å². The molecule has 8 heteroatoms. The van der Waals surface area contributed by atoms with Gasteiger partial charge in [-0.3, -0.25) is 25.7 Å². The van der Waals surface area contributed by atoms with Crippen molar-refractivity contribution in [2.75, 3.05) is 5.43 Å². The molecule has 0 atom stereocenters. The van der Waals surface area contributed by atoms with Crippen LogP contribution in [0.3, 0.4) is 0 Å². The Bertz CT molecular complexity index is 542. The van der Waals surface area contributed by atoms with E-state index in [4.69, 9.17) is 0 Å². The van der Waals surface area contributed by atoms with Gasteiger partial charge in [0.1, 0.15) is 5.69 Å². The molecule has 1 N–H and O–H groups in total. The lowest BCUT2D eigenvalue weighted by atomic mass is 10.2. The summed E-state index contributed by atoms with van der Waals surface area (Å²) in [5.41, 5.74) is 2.96. The zero-order valence-corrected chi connectivity index (χ0v) is 11.3. The van der Waals surface area contributed by atoms with Gasteiger partial charge in [-0.2, -0.15) is 5.10 Å². The molecule has 1 aromatic rings. The lowest BCUT2D eigenvalue weighted by Crippen LogP contribution is -2.03. The normalized spacial score (nSPS) is 11.2. The number of anilines is 1. The molecule has 1 rings (SSSR count). The summed E-state index contributed by atoms with van der Waals surface area (Å²) in [6, 6.07) is 3.42. The first-order valence-corrected chi connectivity index (χ1v) is 6.23. The number of hydrazone groups is 1. The molecular weight excluding hydrogens is 264 g/mol. The van der Waals surface area contributed by atoms with Gasteiger partial charge in [0.05, 0.1) is 15.9 Å². The lowest BCUT2D eigenvalue weighted by Gasteiger charge is -2.05. The van der Waals surface area contributed by atoms with Crippen molar-refractivity contribution in [1.82, 2.24) is 0 Å². The Morgan fingerprint density at radius 3 is 2.45 bits per heavy atom. The minimum atomic E-state index is -0.672. The Balaban J connectivity index is 3.06. The molecule has 0 fully saturated rings. The van der Waals surface area contributed by atoms with Crippen LogP contribution in [0.4, 0.5) is 17.1 Å².